The first-order chi connectivity index (χ1) is 16.9. The summed E-state index contributed by atoms with van der Waals surface area (Å²) in [5.41, 5.74) is 4.44. The van der Waals surface area contributed by atoms with Crippen LogP contribution in [0.5, 0.6) is 0 Å². The van der Waals surface area contributed by atoms with Crippen molar-refractivity contribution in [3.8, 4) is 11.1 Å². The molecular formula is C25H26N4O6. The number of fused-ring (bicyclic) bond motifs is 3. The highest BCUT2D eigenvalue weighted by molar-refractivity contribution is 6.00. The van der Waals surface area contributed by atoms with E-state index in [0.29, 0.717) is 0 Å². The van der Waals surface area contributed by atoms with E-state index in [1.807, 2.05) is 36.4 Å². The number of aromatic carboxylic acids is 1. The first-order valence-electron chi connectivity index (χ1n) is 11.1. The van der Waals surface area contributed by atoms with Crippen LogP contribution in [-0.2, 0) is 21.3 Å². The molecule has 10 nitrogen and oxygen atoms in total. The molecule has 0 saturated carbocycles. The third kappa shape index (κ3) is 5.02. The number of alkyl carbamates (subject to hydrolysis) is 1. The van der Waals surface area contributed by atoms with Crippen molar-refractivity contribution < 1.29 is 29.0 Å². The molecule has 4 rings (SSSR count). The summed E-state index contributed by atoms with van der Waals surface area (Å²) < 4.78 is 11.9. The van der Waals surface area contributed by atoms with Crippen molar-refractivity contribution in [1.29, 1.82) is 0 Å². The van der Waals surface area contributed by atoms with E-state index in [4.69, 9.17) is 9.47 Å². The number of amides is 2. The Morgan fingerprint density at radius 3 is 2.31 bits per heavy atom. The summed E-state index contributed by atoms with van der Waals surface area (Å²) in [6, 6.07) is 16.1. The Labute approximate surface area is 201 Å². The highest BCUT2D eigenvalue weighted by Crippen LogP contribution is 2.44. The molecular weight excluding hydrogens is 452 g/mol. The third-order valence-electron chi connectivity index (χ3n) is 6.00. The van der Waals surface area contributed by atoms with Gasteiger partial charge in [0.2, 0.25) is 0 Å². The third-order valence-corrected chi connectivity index (χ3v) is 6.00. The molecule has 1 aliphatic carbocycles. The lowest BCUT2D eigenvalue weighted by Crippen LogP contribution is -2.35. The predicted octanol–water partition coefficient (Wildman–Crippen LogP) is 3.00. The van der Waals surface area contributed by atoms with Gasteiger partial charge in [0.15, 0.2) is 5.69 Å². The van der Waals surface area contributed by atoms with E-state index in [0.717, 1.165) is 26.9 Å². The molecule has 0 bridgehead atoms. The fourth-order valence-corrected chi connectivity index (χ4v) is 4.31. The van der Waals surface area contributed by atoms with Crippen LogP contribution in [0.15, 0.2) is 54.7 Å². The number of rotatable bonds is 9. The molecule has 0 aliphatic heterocycles. The van der Waals surface area contributed by atoms with Crippen LogP contribution in [0.25, 0.3) is 11.1 Å². The van der Waals surface area contributed by atoms with E-state index in [1.165, 1.54) is 20.4 Å². The topological polar surface area (TPSA) is 132 Å². The molecule has 182 valence electrons. The van der Waals surface area contributed by atoms with Crippen molar-refractivity contribution in [2.75, 3.05) is 25.6 Å². The maximum absolute atomic E-state index is 12.5. The maximum Gasteiger partial charge on any atom is 0.407 e. The normalized spacial score (nSPS) is 13.0. The summed E-state index contributed by atoms with van der Waals surface area (Å²) in [7, 11) is 2.82. The van der Waals surface area contributed by atoms with Crippen LogP contribution in [0.3, 0.4) is 0 Å². The number of hydrogen-bond donors (Lipinski definition) is 3. The van der Waals surface area contributed by atoms with Gasteiger partial charge >= 0.3 is 12.1 Å². The largest absolute Gasteiger partial charge is 0.476 e. The number of carboxylic acid groups (broad SMARTS) is 1. The van der Waals surface area contributed by atoms with Crippen LogP contribution in [0.1, 0.15) is 34.0 Å². The zero-order valence-electron chi connectivity index (χ0n) is 19.4. The first-order valence-corrected chi connectivity index (χ1v) is 11.1. The molecule has 35 heavy (non-hydrogen) atoms. The SMILES string of the molecule is COC(CCNC(=O)OCC1c2ccccc2-c2ccccc21)C(=O)Nc1cnn(C)c1C(=O)O. The fraction of sp³-hybridized carbons (Fsp3) is 0.280. The minimum absolute atomic E-state index is 0.0476. The van der Waals surface area contributed by atoms with Crippen molar-refractivity contribution in [3.05, 3.63) is 71.5 Å². The van der Waals surface area contributed by atoms with Gasteiger partial charge in [-0.1, -0.05) is 48.5 Å². The van der Waals surface area contributed by atoms with Crippen molar-refractivity contribution >= 4 is 23.7 Å². The number of aromatic nitrogens is 2. The van der Waals surface area contributed by atoms with E-state index in [1.54, 1.807) is 0 Å². The van der Waals surface area contributed by atoms with Gasteiger partial charge in [0.1, 0.15) is 12.7 Å². The number of nitrogens with one attached hydrogen (secondary N) is 2. The first kappa shape index (κ1) is 24.0. The lowest BCUT2D eigenvalue weighted by Gasteiger charge is -2.17. The van der Waals surface area contributed by atoms with Crippen molar-refractivity contribution in [1.82, 2.24) is 15.1 Å². The number of aryl methyl sites for hydroxylation is 1. The van der Waals surface area contributed by atoms with E-state index in [-0.39, 0.29) is 36.9 Å². The van der Waals surface area contributed by atoms with Gasteiger partial charge in [0.05, 0.1) is 11.9 Å². The summed E-state index contributed by atoms with van der Waals surface area (Å²) in [6.45, 7) is 0.314. The van der Waals surface area contributed by atoms with E-state index in [2.05, 4.69) is 27.9 Å². The number of ether oxygens (including phenoxy) is 2. The molecule has 0 saturated heterocycles. The van der Waals surface area contributed by atoms with Crippen molar-refractivity contribution in [3.63, 3.8) is 0 Å². The molecule has 2 amide bonds. The smallest absolute Gasteiger partial charge is 0.407 e. The van der Waals surface area contributed by atoms with Gasteiger partial charge in [-0.05, 0) is 22.3 Å². The van der Waals surface area contributed by atoms with Crippen LogP contribution >= 0.6 is 0 Å². The molecule has 0 spiro atoms. The number of benzene rings is 2. The molecule has 3 N–H and O–H groups in total. The van der Waals surface area contributed by atoms with Gasteiger partial charge in [-0.25, -0.2) is 9.59 Å². The number of nitrogens with zero attached hydrogens (tertiary/aromatic N) is 2. The minimum atomic E-state index is -1.22. The second-order valence-electron chi connectivity index (χ2n) is 8.09. The van der Waals surface area contributed by atoms with E-state index in [9.17, 15) is 19.5 Å². The minimum Gasteiger partial charge on any atom is -0.476 e. The number of carboxylic acids is 1. The van der Waals surface area contributed by atoms with Gasteiger partial charge in [0, 0.05) is 33.0 Å². The van der Waals surface area contributed by atoms with Crippen LogP contribution in [0, 0.1) is 0 Å². The van der Waals surface area contributed by atoms with Crippen molar-refractivity contribution in [2.45, 2.75) is 18.4 Å². The van der Waals surface area contributed by atoms with E-state index < -0.39 is 24.1 Å². The Balaban J connectivity index is 1.28. The number of carbonyl (C=O) groups is 3. The summed E-state index contributed by atoms with van der Waals surface area (Å²) >= 11 is 0. The van der Waals surface area contributed by atoms with Crippen LogP contribution in [0.4, 0.5) is 10.5 Å². The number of anilines is 1. The highest BCUT2D eigenvalue weighted by Gasteiger charge is 2.29. The van der Waals surface area contributed by atoms with Crippen LogP contribution in [-0.4, -0.2) is 59.2 Å². The van der Waals surface area contributed by atoms with Gasteiger partial charge < -0.3 is 25.2 Å². The Morgan fingerprint density at radius 2 is 1.71 bits per heavy atom. The number of hydrogen-bond acceptors (Lipinski definition) is 6. The summed E-state index contributed by atoms with van der Waals surface area (Å²) in [5.74, 6) is -1.81. The zero-order chi connectivity index (χ0) is 24.9. The Bertz CT molecular complexity index is 1210. The van der Waals surface area contributed by atoms with E-state index >= 15 is 0 Å². The Morgan fingerprint density at radius 1 is 1.09 bits per heavy atom. The van der Waals surface area contributed by atoms with Gasteiger partial charge in [-0.3, -0.25) is 9.48 Å². The standard InChI is InChI=1S/C25H26N4O6/c1-29-22(24(31)32)20(13-27-29)28-23(30)21(34-2)11-12-26-25(33)35-14-19-17-9-5-3-7-15(17)16-8-4-6-10-18(16)19/h3-10,13,19,21H,11-12,14H2,1-2H3,(H,26,33)(H,28,30)(H,31,32). The lowest BCUT2D eigenvalue weighted by molar-refractivity contribution is -0.126. The molecule has 10 heteroatoms. The number of methoxy groups -OCH3 is 1. The maximum atomic E-state index is 12.5. The van der Waals surface area contributed by atoms with Gasteiger partial charge in [-0.15, -0.1) is 0 Å². The zero-order valence-corrected chi connectivity index (χ0v) is 19.4. The molecule has 0 radical (unpaired) electrons. The quantitative estimate of drug-likeness (QED) is 0.431. The summed E-state index contributed by atoms with van der Waals surface area (Å²) in [4.78, 5) is 36.2. The lowest BCUT2D eigenvalue weighted by atomic mass is 9.98. The van der Waals surface area contributed by atoms with Gasteiger partial charge in [-0.2, -0.15) is 5.10 Å². The highest BCUT2D eigenvalue weighted by atomic mass is 16.5. The molecule has 1 atom stereocenters. The van der Waals surface area contributed by atoms with Crippen LogP contribution in [0.2, 0.25) is 0 Å². The summed E-state index contributed by atoms with van der Waals surface area (Å²) in [6.07, 6.45) is -0.0913. The fourth-order valence-electron chi connectivity index (χ4n) is 4.31. The Hall–Kier alpha value is -4.18. The molecule has 2 aromatic carbocycles. The van der Waals surface area contributed by atoms with Crippen LogP contribution < -0.4 is 10.6 Å². The second kappa shape index (κ2) is 10.4. The van der Waals surface area contributed by atoms with Gasteiger partial charge in [0.25, 0.3) is 5.91 Å². The molecule has 1 aromatic heterocycles. The second-order valence-corrected chi connectivity index (χ2v) is 8.09. The average molecular weight is 479 g/mol. The average Bonchev–Trinajstić information content (AvgIpc) is 3.37. The monoisotopic (exact) mass is 478 g/mol. The summed E-state index contributed by atoms with van der Waals surface area (Å²) in [5, 5.41) is 18.3. The molecule has 1 unspecified atom stereocenters. The number of carbonyl (C=O) groups excluding carboxylic acids is 2. The Kier molecular flexibility index (Phi) is 7.11. The molecule has 3 aromatic rings. The van der Waals surface area contributed by atoms with Crippen molar-refractivity contribution in [2.24, 2.45) is 7.05 Å². The molecule has 1 heterocycles. The molecule has 1 aliphatic rings. The molecule has 0 fully saturated rings. The predicted molar refractivity (Wildman–Crippen MR) is 127 cm³/mol.